The highest BCUT2D eigenvalue weighted by molar-refractivity contribution is 5.80. The third-order valence-electron chi connectivity index (χ3n) is 6.15. The Bertz CT molecular complexity index is 912. The summed E-state index contributed by atoms with van der Waals surface area (Å²) >= 11 is 0. The number of para-hydroxylation sites is 1. The van der Waals surface area contributed by atoms with Gasteiger partial charge in [-0.2, -0.15) is 0 Å². The molecule has 7 heteroatoms. The van der Waals surface area contributed by atoms with Crippen LogP contribution in [0.15, 0.2) is 47.6 Å². The molecule has 172 valence electrons. The minimum Gasteiger partial charge on any atom is -0.487 e. The molecule has 0 bridgehead atoms. The predicted octanol–water partition coefficient (Wildman–Crippen LogP) is 4.00. The Kier molecular flexibility index (Phi) is 7.47. The smallest absolute Gasteiger partial charge is 0.218 e. The Morgan fingerprint density at radius 3 is 2.84 bits per heavy atom. The van der Waals surface area contributed by atoms with Crippen molar-refractivity contribution in [2.75, 3.05) is 26.9 Å². The molecular weight excluding hydrogens is 404 g/mol. The van der Waals surface area contributed by atoms with Crippen LogP contribution in [0.1, 0.15) is 56.2 Å². The average Bonchev–Trinajstić information content (AvgIpc) is 3.25. The zero-order chi connectivity index (χ0) is 22.2. The van der Waals surface area contributed by atoms with E-state index in [1.807, 2.05) is 12.1 Å². The summed E-state index contributed by atoms with van der Waals surface area (Å²) in [5.74, 6) is 2.38. The zero-order valence-corrected chi connectivity index (χ0v) is 19.1. The minimum absolute atomic E-state index is 0.0605. The minimum atomic E-state index is -0.0605. The van der Waals surface area contributed by atoms with E-state index in [0.29, 0.717) is 25.6 Å². The predicted molar refractivity (Wildman–Crippen MR) is 125 cm³/mol. The molecule has 2 N–H and O–H groups in total. The second kappa shape index (κ2) is 10.7. The molecule has 2 aliphatic rings. The molecule has 1 aromatic carbocycles. The van der Waals surface area contributed by atoms with E-state index in [1.54, 1.807) is 13.3 Å². The number of hydrogen-bond acceptors (Lipinski definition) is 5. The number of guanidine groups is 1. The van der Waals surface area contributed by atoms with Gasteiger partial charge in [-0.3, -0.25) is 0 Å². The molecule has 1 spiro atoms. The Hall–Kier alpha value is -2.80. The molecule has 2 aromatic rings. The summed E-state index contributed by atoms with van der Waals surface area (Å²) in [6, 6.07) is 12.4. The van der Waals surface area contributed by atoms with Crippen LogP contribution in [0.25, 0.3) is 0 Å². The lowest BCUT2D eigenvalue weighted by Crippen LogP contribution is -2.46. The molecule has 1 unspecified atom stereocenters. The van der Waals surface area contributed by atoms with Gasteiger partial charge in [-0.15, -0.1) is 0 Å². The van der Waals surface area contributed by atoms with E-state index < -0.39 is 0 Å². The molecule has 1 aliphatic heterocycles. The van der Waals surface area contributed by atoms with Crippen LogP contribution in [0.5, 0.6) is 11.6 Å². The highest BCUT2D eigenvalue weighted by Gasteiger charge is 2.43. The van der Waals surface area contributed by atoms with Crippen LogP contribution < -0.4 is 20.1 Å². The molecule has 1 aliphatic carbocycles. The van der Waals surface area contributed by atoms with Crippen molar-refractivity contribution >= 4 is 5.96 Å². The first-order valence-corrected chi connectivity index (χ1v) is 11.6. The first-order chi connectivity index (χ1) is 15.7. The van der Waals surface area contributed by atoms with Crippen LogP contribution in [0, 0.1) is 0 Å². The number of fused-ring (bicyclic) bond motifs is 1. The van der Waals surface area contributed by atoms with Gasteiger partial charge in [0.15, 0.2) is 5.96 Å². The van der Waals surface area contributed by atoms with E-state index in [0.717, 1.165) is 43.1 Å². The van der Waals surface area contributed by atoms with Gasteiger partial charge in [-0.05, 0) is 44.7 Å². The fourth-order valence-electron chi connectivity index (χ4n) is 4.62. The molecule has 1 saturated carbocycles. The number of benzene rings is 1. The van der Waals surface area contributed by atoms with Gasteiger partial charge in [-0.25, -0.2) is 9.98 Å². The normalized spacial score (nSPS) is 19.3. The third-order valence-corrected chi connectivity index (χ3v) is 6.15. The topological polar surface area (TPSA) is 77.0 Å². The van der Waals surface area contributed by atoms with Crippen molar-refractivity contribution in [3.8, 4) is 11.6 Å². The number of hydrogen-bond donors (Lipinski definition) is 2. The lowest BCUT2D eigenvalue weighted by Gasteiger charge is -2.40. The van der Waals surface area contributed by atoms with Gasteiger partial charge in [0.1, 0.15) is 18.0 Å². The van der Waals surface area contributed by atoms with Gasteiger partial charge >= 0.3 is 0 Å². The molecule has 4 rings (SSSR count). The summed E-state index contributed by atoms with van der Waals surface area (Å²) in [4.78, 5) is 9.22. The number of methoxy groups -OCH3 is 1. The summed E-state index contributed by atoms with van der Waals surface area (Å²) in [5.41, 5.74) is 2.08. The van der Waals surface area contributed by atoms with Crippen molar-refractivity contribution < 1.29 is 14.2 Å². The summed E-state index contributed by atoms with van der Waals surface area (Å²) in [6.45, 7) is 4.32. The van der Waals surface area contributed by atoms with Gasteiger partial charge in [0.25, 0.3) is 0 Å². The van der Waals surface area contributed by atoms with E-state index >= 15 is 0 Å². The first-order valence-electron chi connectivity index (χ1n) is 11.6. The Morgan fingerprint density at radius 2 is 2.03 bits per heavy atom. The second-order valence-corrected chi connectivity index (χ2v) is 8.44. The standard InChI is InChI=1S/C25H34N4O3/c1-3-26-24(28-18-19-9-8-14-27-23(19)31-16-15-30-2)29-21-17-25(12-6-7-13-25)32-22-11-5-4-10-20(21)22/h4-5,8-11,14,21H,3,6-7,12-13,15-18H2,1-2H3,(H2,26,28,29). The van der Waals surface area contributed by atoms with E-state index in [2.05, 4.69) is 46.8 Å². The molecule has 1 atom stereocenters. The maximum Gasteiger partial charge on any atom is 0.218 e. The summed E-state index contributed by atoms with van der Waals surface area (Å²) in [5, 5.41) is 7.08. The number of nitrogens with one attached hydrogen (secondary N) is 2. The Balaban J connectivity index is 1.52. The van der Waals surface area contributed by atoms with Gasteiger partial charge < -0.3 is 24.8 Å². The van der Waals surface area contributed by atoms with Gasteiger partial charge in [0.2, 0.25) is 5.88 Å². The number of aromatic nitrogens is 1. The number of ether oxygens (including phenoxy) is 3. The maximum atomic E-state index is 6.51. The van der Waals surface area contributed by atoms with Gasteiger partial charge in [0.05, 0.1) is 19.2 Å². The van der Waals surface area contributed by atoms with Crippen molar-refractivity contribution in [1.29, 1.82) is 0 Å². The molecule has 1 fully saturated rings. The molecular formula is C25H34N4O3. The fourth-order valence-corrected chi connectivity index (χ4v) is 4.62. The van der Waals surface area contributed by atoms with Crippen LogP contribution in [0.4, 0.5) is 0 Å². The molecule has 7 nitrogen and oxygen atoms in total. The van der Waals surface area contributed by atoms with Crippen molar-refractivity contribution in [3.05, 3.63) is 53.7 Å². The summed E-state index contributed by atoms with van der Waals surface area (Å²) < 4.78 is 17.4. The van der Waals surface area contributed by atoms with E-state index in [4.69, 9.17) is 19.2 Å². The third kappa shape index (κ3) is 5.33. The maximum absolute atomic E-state index is 6.51. The largest absolute Gasteiger partial charge is 0.487 e. The number of pyridine rings is 1. The van der Waals surface area contributed by atoms with Crippen LogP contribution in [-0.2, 0) is 11.3 Å². The Morgan fingerprint density at radius 1 is 1.19 bits per heavy atom. The van der Waals surface area contributed by atoms with E-state index in [1.165, 1.54) is 18.4 Å². The van der Waals surface area contributed by atoms with Crippen LogP contribution >= 0.6 is 0 Å². The highest BCUT2D eigenvalue weighted by atomic mass is 16.5. The van der Waals surface area contributed by atoms with Crippen LogP contribution in [0.2, 0.25) is 0 Å². The van der Waals surface area contributed by atoms with Crippen molar-refractivity contribution in [2.45, 2.75) is 57.2 Å². The SMILES string of the molecule is CCNC(=NCc1cccnc1OCCOC)NC1CC2(CCCC2)Oc2ccccc21. The lowest BCUT2D eigenvalue weighted by atomic mass is 9.86. The van der Waals surface area contributed by atoms with Crippen molar-refractivity contribution in [1.82, 2.24) is 15.6 Å². The van der Waals surface area contributed by atoms with E-state index in [9.17, 15) is 0 Å². The average molecular weight is 439 g/mol. The zero-order valence-electron chi connectivity index (χ0n) is 19.1. The fraction of sp³-hybridized carbons (Fsp3) is 0.520. The van der Waals surface area contributed by atoms with Crippen molar-refractivity contribution in [3.63, 3.8) is 0 Å². The summed E-state index contributed by atoms with van der Waals surface area (Å²) in [7, 11) is 1.66. The molecule has 32 heavy (non-hydrogen) atoms. The quantitative estimate of drug-likeness (QED) is 0.369. The molecule has 0 amide bonds. The number of rotatable bonds is 8. The first kappa shape index (κ1) is 22.4. The lowest BCUT2D eigenvalue weighted by molar-refractivity contribution is 0.0396. The Labute approximate surface area is 190 Å². The monoisotopic (exact) mass is 438 g/mol. The van der Waals surface area contributed by atoms with Crippen LogP contribution in [-0.4, -0.2) is 43.4 Å². The molecule has 2 heterocycles. The highest BCUT2D eigenvalue weighted by Crippen LogP contribution is 2.46. The molecule has 0 radical (unpaired) electrons. The van der Waals surface area contributed by atoms with E-state index in [-0.39, 0.29) is 11.6 Å². The summed E-state index contributed by atoms with van der Waals surface area (Å²) in [6.07, 6.45) is 7.38. The van der Waals surface area contributed by atoms with Gasteiger partial charge in [0, 0.05) is 37.4 Å². The van der Waals surface area contributed by atoms with Gasteiger partial charge in [-0.1, -0.05) is 24.3 Å². The molecule has 1 aromatic heterocycles. The number of nitrogens with zero attached hydrogens (tertiary/aromatic N) is 2. The number of aliphatic imine (C=N–C) groups is 1. The van der Waals surface area contributed by atoms with Crippen molar-refractivity contribution in [2.24, 2.45) is 4.99 Å². The second-order valence-electron chi connectivity index (χ2n) is 8.44. The molecule has 0 saturated heterocycles. The van der Waals surface area contributed by atoms with Crippen LogP contribution in [0.3, 0.4) is 0 Å².